The van der Waals surface area contributed by atoms with Gasteiger partial charge in [0.05, 0.1) is 13.2 Å². The van der Waals surface area contributed by atoms with Crippen molar-refractivity contribution in [3.63, 3.8) is 0 Å². The standard InChI is InChI=1S/C21H35NO3/c1-5-9-10-17(6-2)16-22-21(23)14-12-18-11-13-19(24-7-3)20(15-18)25-8-4/h11,13,15,17H,5-10,12,14,16H2,1-4H3,(H,22,23)/t17-/m0/s1. The van der Waals surface area contributed by atoms with Crippen molar-refractivity contribution in [3.05, 3.63) is 23.8 Å². The van der Waals surface area contributed by atoms with E-state index in [-0.39, 0.29) is 5.91 Å². The maximum atomic E-state index is 12.1. The van der Waals surface area contributed by atoms with E-state index in [1.807, 2.05) is 32.0 Å². The molecule has 0 aliphatic carbocycles. The SMILES string of the molecule is CCCC[C@H](CC)CNC(=O)CCc1ccc(OCC)c(OCC)c1. The third kappa shape index (κ3) is 8.28. The van der Waals surface area contributed by atoms with Crippen molar-refractivity contribution < 1.29 is 14.3 Å². The number of aryl methyl sites for hydroxylation is 1. The smallest absolute Gasteiger partial charge is 0.220 e. The van der Waals surface area contributed by atoms with Gasteiger partial charge >= 0.3 is 0 Å². The van der Waals surface area contributed by atoms with Crippen molar-refractivity contribution in [2.45, 2.75) is 66.2 Å². The molecule has 0 radical (unpaired) electrons. The Morgan fingerprint density at radius 2 is 1.80 bits per heavy atom. The normalized spacial score (nSPS) is 11.8. The lowest BCUT2D eigenvalue weighted by Crippen LogP contribution is -2.29. The van der Waals surface area contributed by atoms with Crippen molar-refractivity contribution in [2.75, 3.05) is 19.8 Å². The number of hydrogen-bond acceptors (Lipinski definition) is 3. The molecule has 25 heavy (non-hydrogen) atoms. The van der Waals surface area contributed by atoms with Crippen molar-refractivity contribution in [1.82, 2.24) is 5.32 Å². The van der Waals surface area contributed by atoms with E-state index in [9.17, 15) is 4.79 Å². The summed E-state index contributed by atoms with van der Waals surface area (Å²) in [5, 5.41) is 3.09. The first-order valence-corrected chi connectivity index (χ1v) is 9.79. The topological polar surface area (TPSA) is 47.6 Å². The first-order chi connectivity index (χ1) is 12.1. The molecule has 0 bridgehead atoms. The van der Waals surface area contributed by atoms with Crippen molar-refractivity contribution >= 4 is 5.91 Å². The number of rotatable bonds is 13. The fraction of sp³-hybridized carbons (Fsp3) is 0.667. The van der Waals surface area contributed by atoms with Crippen LogP contribution < -0.4 is 14.8 Å². The van der Waals surface area contributed by atoms with E-state index in [0.717, 1.165) is 30.0 Å². The van der Waals surface area contributed by atoms with Crippen LogP contribution in [0.25, 0.3) is 0 Å². The van der Waals surface area contributed by atoms with Gasteiger partial charge in [-0.3, -0.25) is 4.79 Å². The Bertz CT molecular complexity index is 502. The van der Waals surface area contributed by atoms with Gasteiger partial charge in [-0.25, -0.2) is 0 Å². The molecule has 0 spiro atoms. The Balaban J connectivity index is 2.48. The largest absolute Gasteiger partial charge is 0.490 e. The van der Waals surface area contributed by atoms with Crippen molar-refractivity contribution in [1.29, 1.82) is 0 Å². The molecular weight excluding hydrogens is 314 g/mol. The summed E-state index contributed by atoms with van der Waals surface area (Å²) in [6.45, 7) is 10.3. The highest BCUT2D eigenvalue weighted by molar-refractivity contribution is 5.76. The summed E-state index contributed by atoms with van der Waals surface area (Å²) in [6, 6.07) is 5.92. The molecule has 4 heteroatoms. The monoisotopic (exact) mass is 349 g/mol. The first kappa shape index (κ1) is 21.3. The van der Waals surface area contributed by atoms with E-state index >= 15 is 0 Å². The first-order valence-electron chi connectivity index (χ1n) is 9.79. The van der Waals surface area contributed by atoms with Gasteiger partial charge in [0.15, 0.2) is 11.5 Å². The lowest BCUT2D eigenvalue weighted by atomic mass is 9.99. The van der Waals surface area contributed by atoms with Crippen LogP contribution in [0.5, 0.6) is 11.5 Å². The van der Waals surface area contributed by atoms with Crippen LogP contribution in [0.3, 0.4) is 0 Å². The molecule has 1 N–H and O–H groups in total. The summed E-state index contributed by atoms with van der Waals surface area (Å²) in [4.78, 5) is 12.1. The average Bonchev–Trinajstić information content (AvgIpc) is 2.62. The van der Waals surface area contributed by atoms with Crippen molar-refractivity contribution in [3.8, 4) is 11.5 Å². The number of carbonyl (C=O) groups excluding carboxylic acids is 1. The summed E-state index contributed by atoms with van der Waals surface area (Å²) in [7, 11) is 0. The third-order valence-electron chi connectivity index (χ3n) is 4.38. The molecule has 0 fully saturated rings. The Morgan fingerprint density at radius 1 is 1.08 bits per heavy atom. The molecule has 1 rings (SSSR count). The predicted molar refractivity (Wildman–Crippen MR) is 103 cm³/mol. The molecule has 4 nitrogen and oxygen atoms in total. The van der Waals surface area contributed by atoms with Crippen LogP contribution in [0.2, 0.25) is 0 Å². The van der Waals surface area contributed by atoms with Gasteiger partial charge in [-0.15, -0.1) is 0 Å². The minimum Gasteiger partial charge on any atom is -0.490 e. The van der Waals surface area contributed by atoms with Gasteiger partial charge < -0.3 is 14.8 Å². The molecule has 0 aromatic heterocycles. The zero-order chi connectivity index (χ0) is 18.5. The summed E-state index contributed by atoms with van der Waals surface area (Å²) < 4.78 is 11.2. The molecule has 0 aliphatic rings. The molecule has 1 aromatic rings. The van der Waals surface area contributed by atoms with Crippen LogP contribution >= 0.6 is 0 Å². The summed E-state index contributed by atoms with van der Waals surface area (Å²) >= 11 is 0. The van der Waals surface area contributed by atoms with E-state index in [1.165, 1.54) is 19.3 Å². The molecule has 0 heterocycles. The van der Waals surface area contributed by atoms with Gasteiger partial charge in [0.1, 0.15) is 0 Å². The van der Waals surface area contributed by atoms with E-state index in [2.05, 4.69) is 19.2 Å². The second-order valence-electron chi connectivity index (χ2n) is 6.37. The van der Waals surface area contributed by atoms with Gasteiger partial charge in [-0.05, 0) is 50.3 Å². The second-order valence-corrected chi connectivity index (χ2v) is 6.37. The van der Waals surface area contributed by atoms with Crippen LogP contribution in [-0.2, 0) is 11.2 Å². The highest BCUT2D eigenvalue weighted by Crippen LogP contribution is 2.29. The number of unbranched alkanes of at least 4 members (excludes halogenated alkanes) is 1. The van der Waals surface area contributed by atoms with Crippen LogP contribution in [0.1, 0.15) is 65.4 Å². The second kappa shape index (κ2) is 12.6. The quantitative estimate of drug-likeness (QED) is 0.559. The molecule has 1 atom stereocenters. The maximum Gasteiger partial charge on any atom is 0.220 e. The zero-order valence-corrected chi connectivity index (χ0v) is 16.4. The minimum atomic E-state index is 0.127. The Morgan fingerprint density at radius 3 is 2.44 bits per heavy atom. The Kier molecular flexibility index (Phi) is 10.8. The molecule has 1 amide bonds. The number of nitrogens with one attached hydrogen (secondary N) is 1. The van der Waals surface area contributed by atoms with Gasteiger partial charge in [0.25, 0.3) is 0 Å². The Labute approximate surface area is 153 Å². The molecule has 0 saturated carbocycles. The fourth-order valence-electron chi connectivity index (χ4n) is 2.80. The molecule has 0 unspecified atom stereocenters. The molecule has 142 valence electrons. The third-order valence-corrected chi connectivity index (χ3v) is 4.38. The number of amides is 1. The van der Waals surface area contributed by atoms with E-state index < -0.39 is 0 Å². The summed E-state index contributed by atoms with van der Waals surface area (Å²) in [6.07, 6.45) is 5.99. The molecule has 0 saturated heterocycles. The highest BCUT2D eigenvalue weighted by Gasteiger charge is 2.10. The lowest BCUT2D eigenvalue weighted by Gasteiger charge is -2.15. The highest BCUT2D eigenvalue weighted by atomic mass is 16.5. The zero-order valence-electron chi connectivity index (χ0n) is 16.4. The van der Waals surface area contributed by atoms with Crippen LogP contribution in [0, 0.1) is 5.92 Å². The number of hydrogen-bond donors (Lipinski definition) is 1. The minimum absolute atomic E-state index is 0.127. The average molecular weight is 350 g/mol. The van der Waals surface area contributed by atoms with Crippen molar-refractivity contribution in [2.24, 2.45) is 5.92 Å². The van der Waals surface area contributed by atoms with Crippen LogP contribution in [0.4, 0.5) is 0 Å². The van der Waals surface area contributed by atoms with E-state index in [4.69, 9.17) is 9.47 Å². The summed E-state index contributed by atoms with van der Waals surface area (Å²) in [5.41, 5.74) is 1.10. The van der Waals surface area contributed by atoms with Crippen LogP contribution in [0.15, 0.2) is 18.2 Å². The van der Waals surface area contributed by atoms with Gasteiger partial charge in [-0.1, -0.05) is 39.2 Å². The van der Waals surface area contributed by atoms with Gasteiger partial charge in [-0.2, -0.15) is 0 Å². The number of ether oxygens (including phenoxy) is 2. The van der Waals surface area contributed by atoms with Gasteiger partial charge in [0.2, 0.25) is 5.91 Å². The molecule has 0 aliphatic heterocycles. The number of benzene rings is 1. The van der Waals surface area contributed by atoms with E-state index in [0.29, 0.717) is 32.0 Å². The maximum absolute atomic E-state index is 12.1. The number of carbonyl (C=O) groups is 1. The summed E-state index contributed by atoms with van der Waals surface area (Å²) in [5.74, 6) is 2.24. The lowest BCUT2D eigenvalue weighted by molar-refractivity contribution is -0.121. The molecular formula is C21H35NO3. The van der Waals surface area contributed by atoms with E-state index in [1.54, 1.807) is 0 Å². The predicted octanol–water partition coefficient (Wildman–Crippen LogP) is 4.75. The van der Waals surface area contributed by atoms with Crippen LogP contribution in [-0.4, -0.2) is 25.7 Å². The fourth-order valence-corrected chi connectivity index (χ4v) is 2.80. The Hall–Kier alpha value is -1.71. The molecule has 1 aromatic carbocycles. The van der Waals surface area contributed by atoms with Gasteiger partial charge in [0, 0.05) is 13.0 Å².